The first-order valence-corrected chi connectivity index (χ1v) is 10.7. The Morgan fingerprint density at radius 2 is 1.80 bits per heavy atom. The van der Waals surface area contributed by atoms with Crippen molar-refractivity contribution in [3.63, 3.8) is 0 Å². The highest BCUT2D eigenvalue weighted by molar-refractivity contribution is 5.85. The standard InChI is InChI=1S/C22H22F6N2O5/c1-2-5-14-16(7-6-13-15(22(26,27)28)10-18(32)35-19(13)14)34-9-4-3-8-30-17(31)11-29(20(30)33)12-21(23,24)25/h6-7,10-11,31H,2-5,8-9,12H2,1H3. The highest BCUT2D eigenvalue weighted by Crippen LogP contribution is 2.37. The van der Waals surface area contributed by atoms with E-state index < -0.39 is 41.7 Å². The highest BCUT2D eigenvalue weighted by atomic mass is 19.4. The van der Waals surface area contributed by atoms with Gasteiger partial charge in [-0.05, 0) is 31.4 Å². The monoisotopic (exact) mass is 508 g/mol. The molecule has 0 radical (unpaired) electrons. The molecule has 0 aliphatic heterocycles. The van der Waals surface area contributed by atoms with Crippen LogP contribution in [0.2, 0.25) is 0 Å². The molecule has 1 N–H and O–H groups in total. The average molecular weight is 508 g/mol. The van der Waals surface area contributed by atoms with Gasteiger partial charge in [0.2, 0.25) is 5.88 Å². The number of ether oxygens (including phenoxy) is 1. The molecule has 0 spiro atoms. The average Bonchev–Trinajstić information content (AvgIpc) is 2.99. The quantitative estimate of drug-likeness (QED) is 0.254. The summed E-state index contributed by atoms with van der Waals surface area (Å²) in [4.78, 5) is 23.8. The van der Waals surface area contributed by atoms with E-state index in [1.54, 1.807) is 6.92 Å². The van der Waals surface area contributed by atoms with Crippen LogP contribution in [0.15, 0.2) is 38.4 Å². The lowest BCUT2D eigenvalue weighted by Crippen LogP contribution is -2.29. The summed E-state index contributed by atoms with van der Waals surface area (Å²) in [5.74, 6) is -0.367. The summed E-state index contributed by atoms with van der Waals surface area (Å²) in [6.07, 6.45) is -7.27. The van der Waals surface area contributed by atoms with Crippen molar-refractivity contribution in [1.29, 1.82) is 0 Å². The van der Waals surface area contributed by atoms with Crippen LogP contribution in [0.4, 0.5) is 26.3 Å². The molecule has 0 bridgehead atoms. The summed E-state index contributed by atoms with van der Waals surface area (Å²) in [5.41, 5.74) is -3.13. The summed E-state index contributed by atoms with van der Waals surface area (Å²) in [7, 11) is 0. The van der Waals surface area contributed by atoms with E-state index in [1.807, 2.05) is 0 Å². The summed E-state index contributed by atoms with van der Waals surface area (Å²) in [6.45, 7) is 0.264. The van der Waals surface area contributed by atoms with Crippen molar-refractivity contribution in [3.05, 3.63) is 56.4 Å². The Hall–Kier alpha value is -3.38. The number of imidazole rings is 1. The number of nitrogens with zero attached hydrogens (tertiary/aromatic N) is 2. The largest absolute Gasteiger partial charge is 0.493 e. The van der Waals surface area contributed by atoms with E-state index >= 15 is 0 Å². The number of alkyl halides is 6. The van der Waals surface area contributed by atoms with E-state index in [2.05, 4.69) is 0 Å². The third-order valence-electron chi connectivity index (χ3n) is 5.19. The van der Waals surface area contributed by atoms with Crippen molar-refractivity contribution >= 4 is 11.0 Å². The van der Waals surface area contributed by atoms with Gasteiger partial charge in [0.1, 0.15) is 17.9 Å². The number of aromatic nitrogens is 2. The molecule has 2 aromatic heterocycles. The summed E-state index contributed by atoms with van der Waals surface area (Å²) >= 11 is 0. The van der Waals surface area contributed by atoms with Crippen LogP contribution in [-0.2, 0) is 25.7 Å². The number of rotatable bonds is 9. The number of hydrogen-bond acceptors (Lipinski definition) is 5. The van der Waals surface area contributed by atoms with Crippen molar-refractivity contribution < 1.29 is 40.6 Å². The molecule has 0 fully saturated rings. The Morgan fingerprint density at radius 1 is 1.09 bits per heavy atom. The topological polar surface area (TPSA) is 86.6 Å². The fraction of sp³-hybridized carbons (Fsp3) is 0.455. The Kier molecular flexibility index (Phi) is 7.56. The molecule has 0 atom stereocenters. The van der Waals surface area contributed by atoms with Gasteiger partial charge in [-0.25, -0.2) is 9.59 Å². The molecule has 0 saturated heterocycles. The maximum absolute atomic E-state index is 13.4. The third-order valence-corrected chi connectivity index (χ3v) is 5.19. The van der Waals surface area contributed by atoms with Gasteiger partial charge >= 0.3 is 23.7 Å². The molecule has 0 aliphatic rings. The normalized spacial score (nSPS) is 12.4. The van der Waals surface area contributed by atoms with Crippen LogP contribution in [0, 0.1) is 0 Å². The Balaban J connectivity index is 1.72. The number of hydrogen-bond donors (Lipinski definition) is 1. The second kappa shape index (κ2) is 10.1. The number of aromatic hydroxyl groups is 1. The summed E-state index contributed by atoms with van der Waals surface area (Å²) in [5, 5.41) is 9.51. The molecule has 0 saturated carbocycles. The molecule has 35 heavy (non-hydrogen) atoms. The third kappa shape index (κ3) is 6.20. The summed E-state index contributed by atoms with van der Waals surface area (Å²) < 4.78 is 89.6. The first kappa shape index (κ1) is 26.2. The Labute approximate surface area is 194 Å². The number of halogens is 6. The van der Waals surface area contributed by atoms with Gasteiger partial charge in [-0.1, -0.05) is 13.3 Å². The molecular formula is C22H22F6N2O5. The van der Waals surface area contributed by atoms with Crippen molar-refractivity contribution in [3.8, 4) is 11.6 Å². The molecule has 3 rings (SSSR count). The number of aryl methyl sites for hydroxylation is 1. The van der Waals surface area contributed by atoms with E-state index in [9.17, 15) is 41.0 Å². The van der Waals surface area contributed by atoms with Gasteiger partial charge in [0.25, 0.3) is 0 Å². The maximum Gasteiger partial charge on any atom is 0.417 e. The van der Waals surface area contributed by atoms with E-state index in [0.717, 1.165) is 10.6 Å². The Bertz CT molecular complexity index is 1300. The lowest BCUT2D eigenvalue weighted by Gasteiger charge is -2.15. The fourth-order valence-electron chi connectivity index (χ4n) is 3.71. The minimum absolute atomic E-state index is 0.0597. The van der Waals surface area contributed by atoms with E-state index in [1.165, 1.54) is 6.07 Å². The zero-order valence-corrected chi connectivity index (χ0v) is 18.5. The predicted molar refractivity (Wildman–Crippen MR) is 113 cm³/mol. The molecule has 2 heterocycles. The number of benzene rings is 1. The number of unbranched alkanes of at least 4 members (excludes halogenated alkanes) is 1. The van der Waals surface area contributed by atoms with Crippen molar-refractivity contribution in [1.82, 2.24) is 9.13 Å². The van der Waals surface area contributed by atoms with Crippen LogP contribution in [-0.4, -0.2) is 27.0 Å². The van der Waals surface area contributed by atoms with Gasteiger partial charge < -0.3 is 14.3 Å². The molecule has 3 aromatic rings. The zero-order chi connectivity index (χ0) is 26.0. The SMILES string of the molecule is CCCc1c(OCCCCn2c(O)cn(CC(F)(F)F)c2=O)ccc2c(C(F)(F)F)cc(=O)oc12. The maximum atomic E-state index is 13.4. The van der Waals surface area contributed by atoms with Crippen molar-refractivity contribution in [2.24, 2.45) is 0 Å². The zero-order valence-electron chi connectivity index (χ0n) is 18.5. The van der Waals surface area contributed by atoms with Gasteiger partial charge in [-0.3, -0.25) is 9.13 Å². The van der Waals surface area contributed by atoms with Crippen LogP contribution in [0.5, 0.6) is 11.6 Å². The van der Waals surface area contributed by atoms with Gasteiger partial charge in [0, 0.05) is 23.6 Å². The highest BCUT2D eigenvalue weighted by Gasteiger charge is 2.34. The first-order chi connectivity index (χ1) is 16.3. The lowest BCUT2D eigenvalue weighted by atomic mass is 10.0. The van der Waals surface area contributed by atoms with Gasteiger partial charge in [-0.15, -0.1) is 0 Å². The second-order valence-corrected chi connectivity index (χ2v) is 7.87. The molecule has 0 amide bonds. The molecule has 7 nitrogen and oxygen atoms in total. The minimum Gasteiger partial charge on any atom is -0.493 e. The summed E-state index contributed by atoms with van der Waals surface area (Å²) in [6, 6.07) is 2.92. The van der Waals surface area contributed by atoms with E-state index in [-0.39, 0.29) is 42.7 Å². The van der Waals surface area contributed by atoms with Gasteiger partial charge in [0.15, 0.2) is 0 Å². The molecule has 13 heteroatoms. The second-order valence-electron chi connectivity index (χ2n) is 7.87. The fourth-order valence-corrected chi connectivity index (χ4v) is 3.71. The van der Waals surface area contributed by atoms with Crippen LogP contribution in [0.1, 0.15) is 37.3 Å². The van der Waals surface area contributed by atoms with Crippen LogP contribution in [0.25, 0.3) is 11.0 Å². The van der Waals surface area contributed by atoms with Crippen LogP contribution in [0.3, 0.4) is 0 Å². The smallest absolute Gasteiger partial charge is 0.417 e. The predicted octanol–water partition coefficient (Wildman–Crippen LogP) is 4.85. The minimum atomic E-state index is -4.75. The van der Waals surface area contributed by atoms with E-state index in [0.29, 0.717) is 35.2 Å². The molecule has 192 valence electrons. The molecule has 0 aliphatic carbocycles. The van der Waals surface area contributed by atoms with E-state index in [4.69, 9.17) is 9.15 Å². The van der Waals surface area contributed by atoms with Crippen molar-refractivity contribution in [2.75, 3.05) is 6.61 Å². The van der Waals surface area contributed by atoms with Crippen LogP contribution < -0.4 is 16.1 Å². The van der Waals surface area contributed by atoms with Gasteiger partial charge in [0.05, 0.1) is 18.4 Å². The molecule has 0 unspecified atom stereocenters. The van der Waals surface area contributed by atoms with Crippen LogP contribution >= 0.6 is 0 Å². The lowest BCUT2D eigenvalue weighted by molar-refractivity contribution is -0.141. The Morgan fingerprint density at radius 3 is 2.43 bits per heavy atom. The number of fused-ring (bicyclic) bond motifs is 1. The van der Waals surface area contributed by atoms with Crippen molar-refractivity contribution in [2.45, 2.75) is 58.0 Å². The van der Waals surface area contributed by atoms with Gasteiger partial charge in [-0.2, -0.15) is 26.3 Å². The molecular weight excluding hydrogens is 486 g/mol. The first-order valence-electron chi connectivity index (χ1n) is 10.7. The molecule has 1 aromatic carbocycles.